The number of nitrogen functional groups attached to an aromatic ring is 2. The molecule has 1 rings (SSSR count). The van der Waals surface area contributed by atoms with Gasteiger partial charge >= 0.3 is 5.97 Å². The summed E-state index contributed by atoms with van der Waals surface area (Å²) in [5.74, 6) is -1.15. The zero-order chi connectivity index (χ0) is 8.59. The van der Waals surface area contributed by atoms with Gasteiger partial charge in [0.15, 0.2) is 5.82 Å². The molecule has 1 heterocycles. The molecule has 11 heavy (non-hydrogen) atoms. The minimum atomic E-state index is -1.16. The van der Waals surface area contributed by atoms with Crippen molar-refractivity contribution < 1.29 is 9.90 Å². The molecule has 0 aliphatic heterocycles. The molecule has 6 nitrogen and oxygen atoms in total. The summed E-state index contributed by atoms with van der Waals surface area (Å²) in [6.07, 6.45) is 0. The standard InChI is InChI=1S/C5H8N4O2/c1-9-4(7)2(5(10)11)3(6)8-9/h7H2,1H3,(H2,6,8)(H,10,11). The Kier molecular flexibility index (Phi) is 1.45. The van der Waals surface area contributed by atoms with Crippen molar-refractivity contribution in [3.63, 3.8) is 0 Å². The smallest absolute Gasteiger partial charge is 0.343 e. The topological polar surface area (TPSA) is 107 Å². The minimum Gasteiger partial charge on any atom is -0.477 e. The van der Waals surface area contributed by atoms with E-state index in [1.165, 1.54) is 11.7 Å². The number of anilines is 2. The molecule has 6 heteroatoms. The number of aromatic carboxylic acids is 1. The summed E-state index contributed by atoms with van der Waals surface area (Å²) in [6, 6.07) is 0. The maximum absolute atomic E-state index is 10.4. The monoisotopic (exact) mass is 156 g/mol. The summed E-state index contributed by atoms with van der Waals surface area (Å²) in [5, 5.41) is 12.2. The van der Waals surface area contributed by atoms with Crippen molar-refractivity contribution >= 4 is 17.6 Å². The van der Waals surface area contributed by atoms with Gasteiger partial charge in [-0.3, -0.25) is 4.68 Å². The van der Waals surface area contributed by atoms with E-state index in [9.17, 15) is 4.79 Å². The van der Waals surface area contributed by atoms with Crippen LogP contribution in [0.1, 0.15) is 10.4 Å². The van der Waals surface area contributed by atoms with Crippen LogP contribution in [0, 0.1) is 0 Å². The molecule has 0 aromatic carbocycles. The van der Waals surface area contributed by atoms with Gasteiger partial charge in [0.2, 0.25) is 0 Å². The van der Waals surface area contributed by atoms with E-state index >= 15 is 0 Å². The highest BCUT2D eigenvalue weighted by Crippen LogP contribution is 2.16. The first kappa shape index (κ1) is 7.39. The van der Waals surface area contributed by atoms with Gasteiger partial charge in [-0.2, -0.15) is 5.10 Å². The van der Waals surface area contributed by atoms with Gasteiger partial charge in [0.1, 0.15) is 11.4 Å². The predicted octanol–water partition coefficient (Wildman–Crippen LogP) is -0.717. The Bertz CT molecular complexity index is 304. The zero-order valence-electron chi connectivity index (χ0n) is 5.90. The van der Waals surface area contributed by atoms with Crippen molar-refractivity contribution in [1.82, 2.24) is 9.78 Å². The maximum Gasteiger partial charge on any atom is 0.343 e. The third-order valence-electron chi connectivity index (χ3n) is 1.33. The molecule has 0 saturated heterocycles. The van der Waals surface area contributed by atoms with Crippen LogP contribution in [0.4, 0.5) is 11.6 Å². The molecule has 0 radical (unpaired) electrons. The van der Waals surface area contributed by atoms with E-state index in [1.54, 1.807) is 0 Å². The van der Waals surface area contributed by atoms with Crippen LogP contribution in [0.25, 0.3) is 0 Å². The molecular formula is C5H8N4O2. The first-order valence-electron chi connectivity index (χ1n) is 2.85. The van der Waals surface area contributed by atoms with Crippen LogP contribution in [0.5, 0.6) is 0 Å². The Labute approximate surface area is 62.4 Å². The zero-order valence-corrected chi connectivity index (χ0v) is 5.90. The van der Waals surface area contributed by atoms with Crippen molar-refractivity contribution in [1.29, 1.82) is 0 Å². The van der Waals surface area contributed by atoms with Crippen LogP contribution >= 0.6 is 0 Å². The summed E-state index contributed by atoms with van der Waals surface area (Å²) in [6.45, 7) is 0. The van der Waals surface area contributed by atoms with Crippen molar-refractivity contribution in [3.05, 3.63) is 5.56 Å². The van der Waals surface area contributed by atoms with Crippen LogP contribution in [0.15, 0.2) is 0 Å². The summed E-state index contributed by atoms with van der Waals surface area (Å²) in [4.78, 5) is 10.4. The summed E-state index contributed by atoms with van der Waals surface area (Å²) >= 11 is 0. The SMILES string of the molecule is Cn1nc(N)c(C(=O)O)c1N. The number of carbonyl (C=O) groups is 1. The van der Waals surface area contributed by atoms with E-state index in [4.69, 9.17) is 16.6 Å². The van der Waals surface area contributed by atoms with E-state index < -0.39 is 5.97 Å². The molecule has 0 amide bonds. The first-order valence-corrected chi connectivity index (χ1v) is 2.85. The number of aryl methyl sites for hydroxylation is 1. The molecule has 0 atom stereocenters. The Morgan fingerprint density at radius 3 is 2.36 bits per heavy atom. The number of carboxylic acid groups (broad SMARTS) is 1. The van der Waals surface area contributed by atoms with E-state index in [1.807, 2.05) is 0 Å². The summed E-state index contributed by atoms with van der Waals surface area (Å²) in [7, 11) is 1.53. The minimum absolute atomic E-state index is 0.0579. The van der Waals surface area contributed by atoms with Gasteiger partial charge in [-0.15, -0.1) is 0 Å². The number of aromatic nitrogens is 2. The van der Waals surface area contributed by atoms with Crippen molar-refractivity contribution in [2.24, 2.45) is 7.05 Å². The number of hydrogen-bond acceptors (Lipinski definition) is 4. The van der Waals surface area contributed by atoms with Gasteiger partial charge in [0.25, 0.3) is 0 Å². The number of carboxylic acids is 1. The second kappa shape index (κ2) is 2.15. The molecule has 0 aliphatic carbocycles. The highest BCUT2D eigenvalue weighted by atomic mass is 16.4. The average molecular weight is 156 g/mol. The van der Waals surface area contributed by atoms with Crippen molar-refractivity contribution in [3.8, 4) is 0 Å². The molecule has 0 aliphatic rings. The van der Waals surface area contributed by atoms with Gasteiger partial charge in [0, 0.05) is 7.05 Å². The third-order valence-corrected chi connectivity index (χ3v) is 1.33. The maximum atomic E-state index is 10.4. The van der Waals surface area contributed by atoms with Gasteiger partial charge in [0.05, 0.1) is 0 Å². The quantitative estimate of drug-likeness (QED) is 0.497. The Morgan fingerprint density at radius 1 is 1.64 bits per heavy atom. The molecule has 0 bridgehead atoms. The lowest BCUT2D eigenvalue weighted by atomic mass is 10.3. The Balaban J connectivity index is 3.34. The van der Waals surface area contributed by atoms with Gasteiger partial charge in [-0.05, 0) is 0 Å². The lowest BCUT2D eigenvalue weighted by molar-refractivity contribution is 0.0699. The molecular weight excluding hydrogens is 148 g/mol. The van der Waals surface area contributed by atoms with E-state index in [0.29, 0.717) is 0 Å². The highest BCUT2D eigenvalue weighted by Gasteiger charge is 2.17. The molecule has 0 unspecified atom stereocenters. The van der Waals surface area contributed by atoms with Crippen LogP contribution in [-0.4, -0.2) is 20.9 Å². The van der Waals surface area contributed by atoms with Gasteiger partial charge in [-0.25, -0.2) is 4.79 Å². The number of nitrogens with zero attached hydrogens (tertiary/aromatic N) is 2. The molecule has 0 fully saturated rings. The van der Waals surface area contributed by atoms with E-state index in [0.717, 1.165) is 0 Å². The second-order valence-electron chi connectivity index (χ2n) is 2.07. The molecule has 5 N–H and O–H groups in total. The summed E-state index contributed by atoms with van der Waals surface area (Å²) in [5.41, 5.74) is 10.5. The lowest BCUT2D eigenvalue weighted by Crippen LogP contribution is -2.04. The van der Waals surface area contributed by atoms with Crippen LogP contribution < -0.4 is 11.5 Å². The number of hydrogen-bond donors (Lipinski definition) is 3. The lowest BCUT2D eigenvalue weighted by Gasteiger charge is -1.92. The second-order valence-corrected chi connectivity index (χ2v) is 2.07. The van der Waals surface area contributed by atoms with Gasteiger partial charge in [-0.1, -0.05) is 0 Å². The highest BCUT2D eigenvalue weighted by molar-refractivity contribution is 5.97. The van der Waals surface area contributed by atoms with Gasteiger partial charge < -0.3 is 16.6 Å². The average Bonchev–Trinajstić information content (AvgIpc) is 2.07. The van der Waals surface area contributed by atoms with Crippen LogP contribution in [0.2, 0.25) is 0 Å². The predicted molar refractivity (Wildman–Crippen MR) is 39.0 cm³/mol. The van der Waals surface area contributed by atoms with Crippen molar-refractivity contribution in [2.75, 3.05) is 11.5 Å². The Morgan fingerprint density at radius 2 is 2.18 bits per heavy atom. The third kappa shape index (κ3) is 0.977. The number of nitrogens with two attached hydrogens (primary N) is 2. The largest absolute Gasteiger partial charge is 0.477 e. The molecule has 0 saturated carbocycles. The molecule has 60 valence electrons. The first-order chi connectivity index (χ1) is 5.04. The molecule has 1 aromatic heterocycles. The van der Waals surface area contributed by atoms with Crippen LogP contribution in [0.3, 0.4) is 0 Å². The molecule has 0 spiro atoms. The number of rotatable bonds is 1. The van der Waals surface area contributed by atoms with E-state index in [-0.39, 0.29) is 17.2 Å². The normalized spacial score (nSPS) is 9.91. The van der Waals surface area contributed by atoms with Crippen molar-refractivity contribution in [2.45, 2.75) is 0 Å². The fourth-order valence-corrected chi connectivity index (χ4v) is 0.778. The van der Waals surface area contributed by atoms with E-state index in [2.05, 4.69) is 5.10 Å². The molecule has 1 aromatic rings. The van der Waals surface area contributed by atoms with Crippen LogP contribution in [-0.2, 0) is 7.05 Å². The fraction of sp³-hybridized carbons (Fsp3) is 0.200. The fourth-order valence-electron chi connectivity index (χ4n) is 0.778. The summed E-state index contributed by atoms with van der Waals surface area (Å²) < 4.78 is 1.22. The Hall–Kier alpha value is -1.72.